The first kappa shape index (κ1) is 15.0. The molecule has 2 rings (SSSR count). The van der Waals surface area contributed by atoms with Gasteiger partial charge in [0.05, 0.1) is 16.1 Å². The zero-order valence-corrected chi connectivity index (χ0v) is 13.7. The second-order valence-electron chi connectivity index (χ2n) is 4.03. The van der Waals surface area contributed by atoms with Crippen molar-refractivity contribution in [2.75, 3.05) is 7.05 Å². The van der Waals surface area contributed by atoms with E-state index in [0.29, 0.717) is 10.0 Å². The van der Waals surface area contributed by atoms with Crippen LogP contribution in [-0.2, 0) is 0 Å². The van der Waals surface area contributed by atoms with E-state index in [1.165, 1.54) is 12.1 Å². The molecule has 19 heavy (non-hydrogen) atoms. The normalized spacial score (nSPS) is 12.5. The summed E-state index contributed by atoms with van der Waals surface area (Å²) in [4.78, 5) is 0. The van der Waals surface area contributed by atoms with Crippen molar-refractivity contribution >= 4 is 45.8 Å². The van der Waals surface area contributed by atoms with Crippen LogP contribution in [0.1, 0.15) is 17.2 Å². The molecule has 0 amide bonds. The van der Waals surface area contributed by atoms with Gasteiger partial charge in [0.25, 0.3) is 0 Å². The Morgan fingerprint density at radius 2 is 1.89 bits per heavy atom. The lowest BCUT2D eigenvalue weighted by Gasteiger charge is -2.20. The lowest BCUT2D eigenvalue weighted by atomic mass is 9.99. The number of halogens is 4. The third-order valence-corrected chi connectivity index (χ3v) is 4.62. The van der Waals surface area contributed by atoms with Gasteiger partial charge in [-0.05, 0) is 59.0 Å². The summed E-state index contributed by atoms with van der Waals surface area (Å²) < 4.78 is 14.0. The molecular formula is C14H11Cl2FIN. The number of rotatable bonds is 3. The van der Waals surface area contributed by atoms with E-state index in [1.54, 1.807) is 12.1 Å². The first-order chi connectivity index (χ1) is 9.04. The van der Waals surface area contributed by atoms with Crippen molar-refractivity contribution in [3.8, 4) is 0 Å². The molecule has 0 saturated carbocycles. The Hall–Kier alpha value is -0.360. The highest BCUT2D eigenvalue weighted by Gasteiger charge is 2.19. The van der Waals surface area contributed by atoms with Crippen LogP contribution in [-0.4, -0.2) is 7.05 Å². The van der Waals surface area contributed by atoms with Gasteiger partial charge in [-0.1, -0.05) is 41.4 Å². The highest BCUT2D eigenvalue weighted by atomic mass is 127. The van der Waals surface area contributed by atoms with Crippen LogP contribution in [0.2, 0.25) is 10.0 Å². The molecule has 100 valence electrons. The minimum absolute atomic E-state index is 0.126. The summed E-state index contributed by atoms with van der Waals surface area (Å²) in [6.07, 6.45) is 0. The summed E-state index contributed by atoms with van der Waals surface area (Å²) in [6.45, 7) is 0. The molecule has 0 spiro atoms. The Labute approximate surface area is 135 Å². The van der Waals surface area contributed by atoms with Gasteiger partial charge >= 0.3 is 0 Å². The van der Waals surface area contributed by atoms with E-state index in [1.807, 2.05) is 19.2 Å². The maximum absolute atomic E-state index is 13.2. The van der Waals surface area contributed by atoms with E-state index in [9.17, 15) is 4.39 Å². The molecule has 0 heterocycles. The summed E-state index contributed by atoms with van der Waals surface area (Å²) in [5.74, 6) is -0.250. The highest BCUT2D eigenvalue weighted by molar-refractivity contribution is 14.1. The van der Waals surface area contributed by atoms with E-state index < -0.39 is 0 Å². The fourth-order valence-corrected chi connectivity index (χ4v) is 3.16. The molecule has 1 nitrogen and oxygen atoms in total. The van der Waals surface area contributed by atoms with E-state index in [4.69, 9.17) is 23.2 Å². The third kappa shape index (κ3) is 3.21. The molecule has 5 heteroatoms. The minimum atomic E-state index is -0.250. The molecule has 0 saturated heterocycles. The zero-order chi connectivity index (χ0) is 14.0. The fraction of sp³-hybridized carbons (Fsp3) is 0.143. The molecule has 0 radical (unpaired) electrons. The molecule has 2 aromatic rings. The second-order valence-corrected chi connectivity index (χ2v) is 5.98. The standard InChI is InChI=1S/C14H11Cl2FIN/c1-19-14(9-6-5-8(17)7-12(9)18)10-3-2-4-11(15)13(10)16/h2-7,14,19H,1H3. The van der Waals surface area contributed by atoms with Crippen LogP contribution >= 0.6 is 45.8 Å². The van der Waals surface area contributed by atoms with Gasteiger partial charge in [-0.25, -0.2) is 4.39 Å². The van der Waals surface area contributed by atoms with Crippen LogP contribution in [0.4, 0.5) is 4.39 Å². The average molecular weight is 410 g/mol. The monoisotopic (exact) mass is 409 g/mol. The molecule has 0 aliphatic heterocycles. The smallest absolute Gasteiger partial charge is 0.124 e. The van der Waals surface area contributed by atoms with Gasteiger partial charge in [-0.3, -0.25) is 0 Å². The predicted octanol–water partition coefficient (Wildman–Crippen LogP) is 5.05. The molecule has 2 aromatic carbocycles. The summed E-state index contributed by atoms with van der Waals surface area (Å²) in [5.41, 5.74) is 1.84. The average Bonchev–Trinajstić information content (AvgIpc) is 2.37. The Balaban J connectivity index is 2.53. The Morgan fingerprint density at radius 3 is 2.53 bits per heavy atom. The zero-order valence-electron chi connectivity index (χ0n) is 10.1. The molecule has 0 aliphatic carbocycles. The Kier molecular flexibility index (Phi) is 5.06. The van der Waals surface area contributed by atoms with Gasteiger partial charge in [0.1, 0.15) is 5.82 Å². The van der Waals surface area contributed by atoms with Crippen molar-refractivity contribution < 1.29 is 4.39 Å². The van der Waals surface area contributed by atoms with Crippen LogP contribution in [0, 0.1) is 9.39 Å². The SMILES string of the molecule is CNC(c1ccc(F)cc1I)c1cccc(Cl)c1Cl. The van der Waals surface area contributed by atoms with Gasteiger partial charge in [0, 0.05) is 3.57 Å². The van der Waals surface area contributed by atoms with Crippen molar-refractivity contribution in [1.29, 1.82) is 0 Å². The highest BCUT2D eigenvalue weighted by Crippen LogP contribution is 2.34. The van der Waals surface area contributed by atoms with Crippen molar-refractivity contribution in [1.82, 2.24) is 5.32 Å². The van der Waals surface area contributed by atoms with Crippen molar-refractivity contribution in [2.24, 2.45) is 0 Å². The fourth-order valence-electron chi connectivity index (χ4n) is 1.96. The Morgan fingerprint density at radius 1 is 1.16 bits per heavy atom. The van der Waals surface area contributed by atoms with Gasteiger partial charge in [-0.15, -0.1) is 0 Å². The summed E-state index contributed by atoms with van der Waals surface area (Å²) >= 11 is 14.4. The molecule has 0 bridgehead atoms. The predicted molar refractivity (Wildman–Crippen MR) is 86.5 cm³/mol. The van der Waals surface area contributed by atoms with Crippen LogP contribution in [0.15, 0.2) is 36.4 Å². The quantitative estimate of drug-likeness (QED) is 0.699. The summed E-state index contributed by atoms with van der Waals surface area (Å²) in [5, 5.41) is 4.22. The van der Waals surface area contributed by atoms with E-state index in [2.05, 4.69) is 27.9 Å². The topological polar surface area (TPSA) is 12.0 Å². The summed E-state index contributed by atoms with van der Waals surface area (Å²) in [6, 6.07) is 10.1. The molecule has 0 aromatic heterocycles. The third-order valence-electron chi connectivity index (χ3n) is 2.85. The lowest BCUT2D eigenvalue weighted by molar-refractivity contribution is 0.621. The maximum atomic E-state index is 13.2. The number of hydrogen-bond donors (Lipinski definition) is 1. The van der Waals surface area contributed by atoms with Crippen LogP contribution in [0.3, 0.4) is 0 Å². The first-order valence-corrected chi connectivity index (χ1v) is 7.44. The lowest BCUT2D eigenvalue weighted by Crippen LogP contribution is -2.19. The molecule has 0 fully saturated rings. The van der Waals surface area contributed by atoms with Crippen LogP contribution in [0.5, 0.6) is 0 Å². The van der Waals surface area contributed by atoms with Gasteiger partial charge in [-0.2, -0.15) is 0 Å². The van der Waals surface area contributed by atoms with Crippen molar-refractivity contribution in [2.45, 2.75) is 6.04 Å². The first-order valence-electron chi connectivity index (χ1n) is 5.60. The molecule has 1 atom stereocenters. The van der Waals surface area contributed by atoms with Crippen molar-refractivity contribution in [3.05, 3.63) is 67.0 Å². The molecular weight excluding hydrogens is 399 g/mol. The molecule has 1 unspecified atom stereocenters. The van der Waals surface area contributed by atoms with E-state index >= 15 is 0 Å². The number of hydrogen-bond acceptors (Lipinski definition) is 1. The largest absolute Gasteiger partial charge is 0.309 e. The van der Waals surface area contributed by atoms with Gasteiger partial charge < -0.3 is 5.32 Å². The van der Waals surface area contributed by atoms with Gasteiger partial charge in [0.2, 0.25) is 0 Å². The molecule has 1 N–H and O–H groups in total. The number of nitrogens with one attached hydrogen (secondary N) is 1. The minimum Gasteiger partial charge on any atom is -0.309 e. The molecule has 0 aliphatic rings. The van der Waals surface area contributed by atoms with Crippen LogP contribution in [0.25, 0.3) is 0 Å². The van der Waals surface area contributed by atoms with Crippen LogP contribution < -0.4 is 5.32 Å². The summed E-state index contributed by atoms with van der Waals surface area (Å²) in [7, 11) is 1.83. The van der Waals surface area contributed by atoms with E-state index in [0.717, 1.165) is 14.7 Å². The Bertz CT molecular complexity index is 604. The van der Waals surface area contributed by atoms with Gasteiger partial charge in [0.15, 0.2) is 0 Å². The van der Waals surface area contributed by atoms with Crippen molar-refractivity contribution in [3.63, 3.8) is 0 Å². The van der Waals surface area contributed by atoms with E-state index in [-0.39, 0.29) is 11.9 Å². The second kappa shape index (κ2) is 6.39. The number of benzene rings is 2. The maximum Gasteiger partial charge on any atom is 0.124 e.